The van der Waals surface area contributed by atoms with Gasteiger partial charge in [-0.05, 0) is 64.4 Å². The van der Waals surface area contributed by atoms with Crippen LogP contribution in [0, 0.1) is 5.92 Å². The van der Waals surface area contributed by atoms with Crippen molar-refractivity contribution in [3.63, 3.8) is 0 Å². The first kappa shape index (κ1) is 21.0. The number of likely N-dealkylation sites (tertiary alicyclic amines) is 1. The summed E-state index contributed by atoms with van der Waals surface area (Å²) < 4.78 is 1.95. The van der Waals surface area contributed by atoms with Crippen LogP contribution in [0.1, 0.15) is 38.4 Å². The fraction of sp³-hybridized carbons (Fsp3) is 0.600. The van der Waals surface area contributed by atoms with Gasteiger partial charge in [0.25, 0.3) is 0 Å². The number of unbranched alkanes of at least 4 members (excludes halogenated alkanes) is 1. The summed E-state index contributed by atoms with van der Waals surface area (Å²) in [5.74, 6) is 1.53. The number of piperidine rings is 1. The molecule has 0 aromatic carbocycles. The Morgan fingerprint density at radius 1 is 1.24 bits per heavy atom. The molecule has 0 spiro atoms. The second kappa shape index (κ2) is 10.8. The fourth-order valence-corrected chi connectivity index (χ4v) is 3.60. The largest absolute Gasteiger partial charge is 0.369 e. The Kier molecular flexibility index (Phi) is 7.80. The van der Waals surface area contributed by atoms with Crippen molar-refractivity contribution >= 4 is 17.5 Å². The average Bonchev–Trinajstić information content (AvgIpc) is 3.15. The molecule has 2 aromatic heterocycles. The van der Waals surface area contributed by atoms with Gasteiger partial charge in [0.2, 0.25) is 5.91 Å². The van der Waals surface area contributed by atoms with Gasteiger partial charge in [-0.25, -0.2) is 4.99 Å². The van der Waals surface area contributed by atoms with E-state index in [-0.39, 0.29) is 11.8 Å². The van der Waals surface area contributed by atoms with Crippen LogP contribution in [0.4, 0.5) is 0 Å². The van der Waals surface area contributed by atoms with Gasteiger partial charge in [-0.3, -0.25) is 9.20 Å². The summed E-state index contributed by atoms with van der Waals surface area (Å²) in [5, 5.41) is 15.0. The quantitative estimate of drug-likeness (QED) is 0.325. The van der Waals surface area contributed by atoms with E-state index in [0.29, 0.717) is 6.54 Å². The third-order valence-electron chi connectivity index (χ3n) is 5.29. The minimum Gasteiger partial charge on any atom is -0.369 e. The molecule has 1 aliphatic rings. The second-order valence-electron chi connectivity index (χ2n) is 7.39. The highest BCUT2D eigenvalue weighted by atomic mass is 16.1. The number of nitrogens with one attached hydrogen (secondary N) is 2. The molecule has 0 aliphatic carbocycles. The Bertz CT molecular complexity index is 810. The number of carbonyl (C=O) groups is 1. The Morgan fingerprint density at radius 3 is 2.83 bits per heavy atom. The first-order valence-electron chi connectivity index (χ1n) is 10.5. The molecule has 1 saturated heterocycles. The number of nitrogens with two attached hydrogens (primary N) is 1. The highest BCUT2D eigenvalue weighted by molar-refractivity contribution is 5.79. The molecule has 3 heterocycles. The second-order valence-corrected chi connectivity index (χ2v) is 7.39. The van der Waals surface area contributed by atoms with Gasteiger partial charge in [0.1, 0.15) is 6.54 Å². The van der Waals surface area contributed by atoms with E-state index in [1.807, 2.05) is 28.8 Å². The van der Waals surface area contributed by atoms with Crippen LogP contribution in [0.5, 0.6) is 0 Å². The molecule has 1 aliphatic heterocycles. The number of nitrogens with zero attached hydrogens (tertiary/aromatic N) is 5. The van der Waals surface area contributed by atoms with Gasteiger partial charge < -0.3 is 21.3 Å². The van der Waals surface area contributed by atoms with E-state index >= 15 is 0 Å². The Morgan fingerprint density at radius 2 is 2.07 bits per heavy atom. The van der Waals surface area contributed by atoms with E-state index in [1.165, 1.54) is 0 Å². The van der Waals surface area contributed by atoms with Gasteiger partial charge in [0.05, 0.1) is 0 Å². The molecule has 0 bridgehead atoms. The van der Waals surface area contributed by atoms with E-state index in [2.05, 4.69) is 37.6 Å². The average molecular weight is 401 g/mol. The van der Waals surface area contributed by atoms with Gasteiger partial charge >= 0.3 is 0 Å². The van der Waals surface area contributed by atoms with Crippen LogP contribution < -0.4 is 16.4 Å². The Balaban J connectivity index is 1.38. The first-order valence-corrected chi connectivity index (χ1v) is 10.5. The van der Waals surface area contributed by atoms with Crippen molar-refractivity contribution in [1.29, 1.82) is 0 Å². The number of guanidine groups is 1. The molecule has 3 rings (SSSR count). The number of hydrogen-bond donors (Lipinski definition) is 3. The number of pyridine rings is 1. The summed E-state index contributed by atoms with van der Waals surface area (Å²) >= 11 is 0. The van der Waals surface area contributed by atoms with E-state index in [0.717, 1.165) is 75.8 Å². The number of aromatic nitrogens is 3. The number of aliphatic imine (C=N–C) groups is 1. The number of hydrogen-bond acceptors (Lipinski definition) is 5. The summed E-state index contributed by atoms with van der Waals surface area (Å²) in [4.78, 5) is 18.3. The SMILES string of the molecule is CCNC(=NCc1nnc2ccccn12)NCCCCN1CCC(C(N)=O)CC1. The number of fused-ring (bicyclic) bond motifs is 1. The topological polar surface area (TPSA) is 113 Å². The van der Waals surface area contributed by atoms with E-state index in [9.17, 15) is 4.79 Å². The number of amides is 1. The molecular formula is C20H32N8O. The van der Waals surface area contributed by atoms with Crippen LogP contribution in [0.15, 0.2) is 29.4 Å². The van der Waals surface area contributed by atoms with Gasteiger partial charge in [0.15, 0.2) is 17.4 Å². The maximum Gasteiger partial charge on any atom is 0.220 e. The summed E-state index contributed by atoms with van der Waals surface area (Å²) in [5.41, 5.74) is 6.23. The molecule has 0 atom stereocenters. The van der Waals surface area contributed by atoms with E-state index in [1.54, 1.807) is 0 Å². The molecule has 158 valence electrons. The normalized spacial score (nSPS) is 16.2. The van der Waals surface area contributed by atoms with Crippen molar-refractivity contribution in [2.24, 2.45) is 16.6 Å². The molecule has 1 amide bonds. The maximum atomic E-state index is 11.2. The lowest BCUT2D eigenvalue weighted by Gasteiger charge is -2.30. The Labute approximate surface area is 171 Å². The van der Waals surface area contributed by atoms with Gasteiger partial charge in [-0.15, -0.1) is 10.2 Å². The minimum atomic E-state index is -0.150. The minimum absolute atomic E-state index is 0.0641. The zero-order valence-corrected chi connectivity index (χ0v) is 17.2. The molecule has 4 N–H and O–H groups in total. The molecule has 9 heteroatoms. The van der Waals surface area contributed by atoms with Crippen molar-refractivity contribution in [2.75, 3.05) is 32.7 Å². The number of primary amides is 1. The zero-order valence-electron chi connectivity index (χ0n) is 17.2. The monoisotopic (exact) mass is 400 g/mol. The third kappa shape index (κ3) is 6.15. The molecule has 9 nitrogen and oxygen atoms in total. The van der Waals surface area contributed by atoms with Crippen LogP contribution in [0.25, 0.3) is 5.65 Å². The standard InChI is InChI=1S/C20H32N8O/c1-2-22-20(24-15-18-26-25-17-7-3-5-12-28(17)18)23-10-4-6-11-27-13-8-16(9-14-27)19(21)29/h3,5,7,12,16H,2,4,6,8-11,13-15H2,1H3,(H2,21,29)(H2,22,23,24). The van der Waals surface area contributed by atoms with Crippen LogP contribution >= 0.6 is 0 Å². The number of rotatable bonds is 9. The van der Waals surface area contributed by atoms with Gasteiger partial charge in [-0.2, -0.15) is 0 Å². The van der Waals surface area contributed by atoms with Crippen molar-refractivity contribution in [2.45, 2.75) is 39.2 Å². The summed E-state index contributed by atoms with van der Waals surface area (Å²) in [6, 6.07) is 5.84. The van der Waals surface area contributed by atoms with Crippen LogP contribution in [-0.2, 0) is 11.3 Å². The summed E-state index contributed by atoms with van der Waals surface area (Å²) in [6.45, 7) is 7.20. The fourth-order valence-electron chi connectivity index (χ4n) is 3.60. The zero-order chi connectivity index (χ0) is 20.5. The first-order chi connectivity index (χ1) is 14.2. The lowest BCUT2D eigenvalue weighted by atomic mass is 9.96. The van der Waals surface area contributed by atoms with Crippen molar-refractivity contribution in [1.82, 2.24) is 30.1 Å². The smallest absolute Gasteiger partial charge is 0.220 e. The van der Waals surface area contributed by atoms with Crippen LogP contribution in [0.3, 0.4) is 0 Å². The lowest BCUT2D eigenvalue weighted by molar-refractivity contribution is -0.123. The van der Waals surface area contributed by atoms with E-state index in [4.69, 9.17) is 5.73 Å². The molecule has 0 unspecified atom stereocenters. The predicted molar refractivity (Wildman–Crippen MR) is 113 cm³/mol. The molecule has 2 aromatic rings. The predicted octanol–water partition coefficient (Wildman–Crippen LogP) is 0.762. The Hall–Kier alpha value is -2.68. The highest BCUT2D eigenvalue weighted by Gasteiger charge is 2.22. The molecule has 29 heavy (non-hydrogen) atoms. The van der Waals surface area contributed by atoms with Gasteiger partial charge in [0, 0.05) is 25.2 Å². The van der Waals surface area contributed by atoms with Crippen molar-refractivity contribution in [3.8, 4) is 0 Å². The molecular weight excluding hydrogens is 368 g/mol. The number of carbonyl (C=O) groups excluding carboxylic acids is 1. The van der Waals surface area contributed by atoms with Gasteiger partial charge in [-0.1, -0.05) is 6.07 Å². The van der Waals surface area contributed by atoms with E-state index < -0.39 is 0 Å². The van der Waals surface area contributed by atoms with Crippen molar-refractivity contribution in [3.05, 3.63) is 30.2 Å². The molecule has 0 radical (unpaired) electrons. The lowest BCUT2D eigenvalue weighted by Crippen LogP contribution is -2.39. The van der Waals surface area contributed by atoms with Crippen LogP contribution in [-0.4, -0.2) is 64.1 Å². The highest BCUT2D eigenvalue weighted by Crippen LogP contribution is 2.16. The molecule has 1 fully saturated rings. The third-order valence-corrected chi connectivity index (χ3v) is 5.29. The van der Waals surface area contributed by atoms with Crippen molar-refractivity contribution < 1.29 is 4.79 Å². The summed E-state index contributed by atoms with van der Waals surface area (Å²) in [7, 11) is 0. The molecule has 0 saturated carbocycles. The van der Waals surface area contributed by atoms with Crippen LogP contribution in [0.2, 0.25) is 0 Å². The summed E-state index contributed by atoms with van der Waals surface area (Å²) in [6.07, 6.45) is 5.91. The maximum absolute atomic E-state index is 11.2.